The van der Waals surface area contributed by atoms with Crippen molar-refractivity contribution < 1.29 is 14.2 Å². The van der Waals surface area contributed by atoms with E-state index in [4.69, 9.17) is 14.2 Å². The van der Waals surface area contributed by atoms with E-state index in [-0.39, 0.29) is 0 Å². The van der Waals surface area contributed by atoms with Crippen molar-refractivity contribution in [3.05, 3.63) is 48.0 Å². The van der Waals surface area contributed by atoms with Gasteiger partial charge in [0, 0.05) is 25.3 Å². The largest absolute Gasteiger partial charge is 0.497 e. The molecular weight excluding hydrogens is 318 g/mol. The van der Waals surface area contributed by atoms with Crippen molar-refractivity contribution in [2.45, 2.75) is 13.5 Å². The molecule has 2 aromatic carbocycles. The van der Waals surface area contributed by atoms with Gasteiger partial charge in [0.15, 0.2) is 17.5 Å². The Kier molecular flexibility index (Phi) is 6.95. The Morgan fingerprint density at radius 3 is 2.56 bits per heavy atom. The second-order valence-corrected chi connectivity index (χ2v) is 5.20. The number of nitrogens with one attached hydrogen (secondary N) is 2. The van der Waals surface area contributed by atoms with Crippen LogP contribution in [0.3, 0.4) is 0 Å². The van der Waals surface area contributed by atoms with Gasteiger partial charge in [0.1, 0.15) is 5.75 Å². The minimum atomic E-state index is 0.590. The third-order valence-electron chi connectivity index (χ3n) is 3.54. The maximum absolute atomic E-state index is 5.53. The lowest BCUT2D eigenvalue weighted by atomic mass is 10.2. The van der Waals surface area contributed by atoms with Crippen LogP contribution >= 0.6 is 0 Å². The Bertz CT molecular complexity index is 717. The van der Waals surface area contributed by atoms with Crippen LogP contribution in [-0.4, -0.2) is 33.8 Å². The lowest BCUT2D eigenvalue weighted by Crippen LogP contribution is -2.30. The van der Waals surface area contributed by atoms with E-state index >= 15 is 0 Å². The number of nitrogens with zero attached hydrogens (tertiary/aromatic N) is 1. The molecule has 0 spiro atoms. The number of methoxy groups -OCH3 is 2. The van der Waals surface area contributed by atoms with E-state index in [2.05, 4.69) is 15.6 Å². The van der Waals surface area contributed by atoms with Crippen molar-refractivity contribution in [2.24, 2.45) is 4.99 Å². The predicted molar refractivity (Wildman–Crippen MR) is 101 cm³/mol. The molecule has 2 aromatic rings. The van der Waals surface area contributed by atoms with Gasteiger partial charge in [-0.05, 0) is 36.8 Å². The smallest absolute Gasteiger partial charge is 0.195 e. The molecule has 6 heteroatoms. The summed E-state index contributed by atoms with van der Waals surface area (Å²) in [4.78, 5) is 4.25. The second kappa shape index (κ2) is 9.42. The van der Waals surface area contributed by atoms with E-state index in [0.717, 1.165) is 22.7 Å². The van der Waals surface area contributed by atoms with E-state index in [9.17, 15) is 0 Å². The molecule has 0 fully saturated rings. The number of aliphatic imine (C=N–C) groups is 1. The molecule has 0 heterocycles. The van der Waals surface area contributed by atoms with Crippen molar-refractivity contribution in [1.29, 1.82) is 0 Å². The van der Waals surface area contributed by atoms with Gasteiger partial charge in [-0.3, -0.25) is 4.99 Å². The van der Waals surface area contributed by atoms with Crippen LogP contribution in [0.15, 0.2) is 47.5 Å². The van der Waals surface area contributed by atoms with Crippen LogP contribution in [-0.2, 0) is 6.54 Å². The molecule has 0 aromatic heterocycles. The van der Waals surface area contributed by atoms with E-state index in [1.807, 2.05) is 49.4 Å². The van der Waals surface area contributed by atoms with Crippen LogP contribution in [0.1, 0.15) is 12.5 Å². The lowest BCUT2D eigenvalue weighted by Gasteiger charge is -2.15. The highest BCUT2D eigenvalue weighted by molar-refractivity contribution is 5.93. The highest BCUT2D eigenvalue weighted by atomic mass is 16.5. The van der Waals surface area contributed by atoms with Crippen molar-refractivity contribution >= 4 is 11.6 Å². The number of guanidine groups is 1. The third kappa shape index (κ3) is 5.31. The maximum atomic E-state index is 5.53. The Labute approximate surface area is 148 Å². The topological polar surface area (TPSA) is 64.1 Å². The Morgan fingerprint density at radius 1 is 1.04 bits per heavy atom. The molecule has 25 heavy (non-hydrogen) atoms. The molecule has 0 aliphatic heterocycles. The van der Waals surface area contributed by atoms with Crippen molar-refractivity contribution in [3.63, 3.8) is 0 Å². The molecule has 0 radical (unpaired) electrons. The maximum Gasteiger partial charge on any atom is 0.195 e. The average Bonchev–Trinajstić information content (AvgIpc) is 2.66. The van der Waals surface area contributed by atoms with Gasteiger partial charge < -0.3 is 24.8 Å². The van der Waals surface area contributed by atoms with Crippen molar-refractivity contribution in [3.8, 4) is 17.2 Å². The van der Waals surface area contributed by atoms with Gasteiger partial charge in [0.2, 0.25) is 0 Å². The fourth-order valence-corrected chi connectivity index (χ4v) is 2.30. The molecule has 0 atom stereocenters. The summed E-state index contributed by atoms with van der Waals surface area (Å²) in [6.45, 7) is 3.16. The fraction of sp³-hybridized carbons (Fsp3) is 0.316. The summed E-state index contributed by atoms with van der Waals surface area (Å²) in [6, 6.07) is 13.6. The van der Waals surface area contributed by atoms with Gasteiger partial charge in [-0.2, -0.15) is 0 Å². The van der Waals surface area contributed by atoms with Crippen LogP contribution in [0, 0.1) is 0 Å². The molecule has 0 saturated carbocycles. The van der Waals surface area contributed by atoms with Gasteiger partial charge in [-0.15, -0.1) is 0 Å². The van der Waals surface area contributed by atoms with Crippen LogP contribution in [0.2, 0.25) is 0 Å². The first-order chi connectivity index (χ1) is 12.2. The molecule has 6 nitrogen and oxygen atoms in total. The van der Waals surface area contributed by atoms with Gasteiger partial charge in [-0.25, -0.2) is 0 Å². The number of ether oxygens (including phenoxy) is 3. The number of hydrogen-bond donors (Lipinski definition) is 2. The number of rotatable bonds is 7. The summed E-state index contributed by atoms with van der Waals surface area (Å²) in [5.41, 5.74) is 1.96. The lowest BCUT2D eigenvalue weighted by molar-refractivity contribution is 0.311. The number of anilines is 1. The Morgan fingerprint density at radius 2 is 1.88 bits per heavy atom. The quantitative estimate of drug-likeness (QED) is 0.597. The van der Waals surface area contributed by atoms with E-state index in [1.54, 1.807) is 21.3 Å². The first-order valence-electron chi connectivity index (χ1n) is 8.11. The molecule has 0 amide bonds. The first kappa shape index (κ1) is 18.4. The summed E-state index contributed by atoms with van der Waals surface area (Å²) in [5.74, 6) is 2.89. The average molecular weight is 343 g/mol. The molecule has 0 aliphatic carbocycles. The summed E-state index contributed by atoms with van der Waals surface area (Å²) >= 11 is 0. The monoisotopic (exact) mass is 343 g/mol. The standard InChI is InChI=1S/C19H25N3O3/c1-5-25-17-10-9-15(12-18(17)24-4)22-19(20-2)21-13-14-7-6-8-16(11-14)23-3/h6-12H,5,13H2,1-4H3,(H2,20,21,22). The summed E-state index contributed by atoms with van der Waals surface area (Å²) in [6.07, 6.45) is 0. The molecule has 2 rings (SSSR count). The zero-order valence-corrected chi connectivity index (χ0v) is 15.1. The molecule has 2 N–H and O–H groups in total. The first-order valence-corrected chi connectivity index (χ1v) is 8.11. The summed E-state index contributed by atoms with van der Waals surface area (Å²) in [7, 11) is 5.01. The number of benzene rings is 2. The minimum absolute atomic E-state index is 0.590. The van der Waals surface area contributed by atoms with Crippen LogP contribution in [0.4, 0.5) is 5.69 Å². The highest BCUT2D eigenvalue weighted by Crippen LogP contribution is 2.30. The van der Waals surface area contributed by atoms with Crippen molar-refractivity contribution in [2.75, 3.05) is 33.2 Å². The minimum Gasteiger partial charge on any atom is -0.497 e. The zero-order valence-electron chi connectivity index (χ0n) is 15.1. The molecule has 0 unspecified atom stereocenters. The summed E-state index contributed by atoms with van der Waals surface area (Å²) in [5, 5.41) is 6.52. The van der Waals surface area contributed by atoms with E-state index in [0.29, 0.717) is 24.9 Å². The summed E-state index contributed by atoms with van der Waals surface area (Å²) < 4.78 is 16.1. The molecule has 0 aliphatic rings. The van der Waals surface area contributed by atoms with Crippen LogP contribution in [0.25, 0.3) is 0 Å². The zero-order chi connectivity index (χ0) is 18.1. The Hall–Kier alpha value is -2.89. The molecule has 0 bridgehead atoms. The molecule has 134 valence electrons. The SMILES string of the molecule is CCOc1ccc(NC(=NC)NCc2cccc(OC)c2)cc1OC. The molecular formula is C19H25N3O3. The third-order valence-corrected chi connectivity index (χ3v) is 3.54. The van der Waals surface area contributed by atoms with Gasteiger partial charge in [0.25, 0.3) is 0 Å². The van der Waals surface area contributed by atoms with Gasteiger partial charge in [-0.1, -0.05) is 12.1 Å². The van der Waals surface area contributed by atoms with Crippen LogP contribution < -0.4 is 24.8 Å². The van der Waals surface area contributed by atoms with Gasteiger partial charge in [0.05, 0.1) is 20.8 Å². The van der Waals surface area contributed by atoms with Gasteiger partial charge >= 0.3 is 0 Å². The number of hydrogen-bond acceptors (Lipinski definition) is 4. The van der Waals surface area contributed by atoms with E-state index < -0.39 is 0 Å². The van der Waals surface area contributed by atoms with Crippen LogP contribution in [0.5, 0.6) is 17.2 Å². The normalized spacial score (nSPS) is 11.0. The Balaban J connectivity index is 2.02. The second-order valence-electron chi connectivity index (χ2n) is 5.20. The van der Waals surface area contributed by atoms with Crippen molar-refractivity contribution in [1.82, 2.24) is 5.32 Å². The highest BCUT2D eigenvalue weighted by Gasteiger charge is 2.07. The molecule has 0 saturated heterocycles. The fourth-order valence-electron chi connectivity index (χ4n) is 2.30. The predicted octanol–water partition coefficient (Wildman–Crippen LogP) is 3.29. The van der Waals surface area contributed by atoms with E-state index in [1.165, 1.54) is 0 Å².